The zero-order valence-corrected chi connectivity index (χ0v) is 18.4. The maximum absolute atomic E-state index is 11.9. The fraction of sp³-hybridized carbons (Fsp3) is 0.400. The van der Waals surface area contributed by atoms with E-state index in [1.54, 1.807) is 14.1 Å². The fourth-order valence-corrected chi connectivity index (χ4v) is 2.83. The van der Waals surface area contributed by atoms with Crippen molar-refractivity contribution in [2.24, 2.45) is 10.4 Å². The van der Waals surface area contributed by atoms with E-state index < -0.39 is 5.41 Å². The van der Waals surface area contributed by atoms with Gasteiger partial charge in [-0.05, 0) is 37.1 Å². The van der Waals surface area contributed by atoms with Crippen molar-refractivity contribution in [2.45, 2.75) is 26.8 Å². The molecule has 0 spiro atoms. The number of nitrogens with zero attached hydrogens (tertiary/aromatic N) is 1. The largest absolute Gasteiger partial charge is 0.359 e. The third-order valence-electron chi connectivity index (χ3n) is 4.41. The Kier molecular flexibility index (Phi) is 8.33. The lowest BCUT2D eigenvalue weighted by Crippen LogP contribution is -2.47. The summed E-state index contributed by atoms with van der Waals surface area (Å²) in [6.45, 7) is 6.41. The molecule has 5 nitrogen and oxygen atoms in total. The normalized spacial score (nSPS) is 12.9. The van der Waals surface area contributed by atoms with E-state index in [2.05, 4.69) is 64.3 Å². The average Bonchev–Trinajstić information content (AvgIpc) is 2.63. The molecule has 142 valence electrons. The van der Waals surface area contributed by atoms with Crippen LogP contribution in [0.2, 0.25) is 0 Å². The van der Waals surface area contributed by atoms with Gasteiger partial charge in [-0.15, -0.1) is 24.0 Å². The molecule has 0 fully saturated rings. The van der Waals surface area contributed by atoms with Crippen LogP contribution in [0.15, 0.2) is 47.5 Å². The van der Waals surface area contributed by atoms with Gasteiger partial charge in [0, 0.05) is 20.6 Å². The quantitative estimate of drug-likeness (QED) is 0.358. The molecule has 0 saturated carbocycles. The molecular weight excluding hydrogens is 439 g/mol. The smallest absolute Gasteiger partial charge is 0.227 e. The lowest BCUT2D eigenvalue weighted by molar-refractivity contribution is -0.128. The predicted molar refractivity (Wildman–Crippen MR) is 120 cm³/mol. The highest BCUT2D eigenvalue weighted by atomic mass is 127. The Bertz CT molecular complexity index is 768. The zero-order valence-electron chi connectivity index (χ0n) is 16.1. The fourth-order valence-electron chi connectivity index (χ4n) is 2.83. The van der Waals surface area contributed by atoms with Crippen LogP contribution < -0.4 is 16.0 Å². The molecule has 1 atom stereocenters. The van der Waals surface area contributed by atoms with E-state index in [0.29, 0.717) is 12.5 Å². The van der Waals surface area contributed by atoms with Crippen LogP contribution in [0.5, 0.6) is 0 Å². The van der Waals surface area contributed by atoms with Gasteiger partial charge in [-0.3, -0.25) is 9.79 Å². The van der Waals surface area contributed by atoms with Crippen LogP contribution in [0.25, 0.3) is 10.8 Å². The average molecular weight is 468 g/mol. The number of fused-ring (bicyclic) bond motifs is 1. The van der Waals surface area contributed by atoms with Crippen molar-refractivity contribution in [3.63, 3.8) is 0 Å². The molecule has 0 aliphatic rings. The van der Waals surface area contributed by atoms with Crippen LogP contribution in [0.4, 0.5) is 0 Å². The van der Waals surface area contributed by atoms with Crippen LogP contribution >= 0.6 is 24.0 Å². The molecule has 0 saturated heterocycles. The van der Waals surface area contributed by atoms with E-state index in [0.717, 1.165) is 0 Å². The SMILES string of the molecule is CN=C(NCC(C)(C)C(=O)NC)NC(C)c1cccc2ccccc12.I. The van der Waals surface area contributed by atoms with Gasteiger partial charge in [0.2, 0.25) is 5.91 Å². The van der Waals surface area contributed by atoms with Crippen molar-refractivity contribution in [1.82, 2.24) is 16.0 Å². The number of halogens is 1. The van der Waals surface area contributed by atoms with Gasteiger partial charge in [0.1, 0.15) is 0 Å². The van der Waals surface area contributed by atoms with Crippen molar-refractivity contribution in [3.05, 3.63) is 48.0 Å². The second-order valence-corrected chi connectivity index (χ2v) is 6.82. The highest BCUT2D eigenvalue weighted by Gasteiger charge is 2.26. The first-order valence-corrected chi connectivity index (χ1v) is 8.56. The van der Waals surface area contributed by atoms with Crippen LogP contribution in [0, 0.1) is 5.41 Å². The molecule has 0 bridgehead atoms. The lowest BCUT2D eigenvalue weighted by atomic mass is 9.92. The number of rotatable bonds is 5. The number of hydrogen-bond acceptors (Lipinski definition) is 2. The molecule has 0 aliphatic carbocycles. The minimum absolute atomic E-state index is 0. The summed E-state index contributed by atoms with van der Waals surface area (Å²) in [5, 5.41) is 11.8. The second kappa shape index (κ2) is 9.75. The van der Waals surface area contributed by atoms with Gasteiger partial charge in [-0.2, -0.15) is 0 Å². The molecule has 6 heteroatoms. The van der Waals surface area contributed by atoms with Gasteiger partial charge in [0.05, 0.1) is 11.5 Å². The van der Waals surface area contributed by atoms with Crippen molar-refractivity contribution < 1.29 is 4.79 Å². The van der Waals surface area contributed by atoms with Crippen LogP contribution in [0.1, 0.15) is 32.4 Å². The monoisotopic (exact) mass is 468 g/mol. The maximum atomic E-state index is 11.9. The van der Waals surface area contributed by atoms with Gasteiger partial charge in [-0.25, -0.2) is 0 Å². The lowest BCUT2D eigenvalue weighted by Gasteiger charge is -2.25. The van der Waals surface area contributed by atoms with Gasteiger partial charge in [0.15, 0.2) is 5.96 Å². The van der Waals surface area contributed by atoms with Crippen LogP contribution in [-0.4, -0.2) is 32.5 Å². The van der Waals surface area contributed by atoms with Gasteiger partial charge >= 0.3 is 0 Å². The summed E-state index contributed by atoms with van der Waals surface area (Å²) in [4.78, 5) is 16.2. The Morgan fingerprint density at radius 1 is 1.15 bits per heavy atom. The number of guanidine groups is 1. The number of aliphatic imine (C=N–C) groups is 1. The predicted octanol–water partition coefficient (Wildman–Crippen LogP) is 3.46. The van der Waals surface area contributed by atoms with Crippen molar-refractivity contribution in [2.75, 3.05) is 20.6 Å². The minimum Gasteiger partial charge on any atom is -0.359 e. The zero-order chi connectivity index (χ0) is 18.4. The molecular formula is C20H29IN4O. The molecule has 2 rings (SSSR count). The number of hydrogen-bond donors (Lipinski definition) is 3. The number of benzene rings is 2. The number of nitrogens with one attached hydrogen (secondary N) is 3. The first-order valence-electron chi connectivity index (χ1n) is 8.56. The number of carbonyl (C=O) groups is 1. The summed E-state index contributed by atoms with van der Waals surface area (Å²) in [5.74, 6) is 0.676. The van der Waals surface area contributed by atoms with Gasteiger partial charge in [-0.1, -0.05) is 42.5 Å². The van der Waals surface area contributed by atoms with Crippen molar-refractivity contribution >= 4 is 46.6 Å². The molecule has 1 unspecified atom stereocenters. The van der Waals surface area contributed by atoms with E-state index in [-0.39, 0.29) is 35.9 Å². The maximum Gasteiger partial charge on any atom is 0.227 e. The second-order valence-electron chi connectivity index (χ2n) is 6.82. The Morgan fingerprint density at radius 3 is 2.46 bits per heavy atom. The van der Waals surface area contributed by atoms with E-state index in [1.165, 1.54) is 16.3 Å². The molecule has 0 aliphatic heterocycles. The Balaban J connectivity index is 0.00000338. The Hall–Kier alpha value is -1.83. The van der Waals surface area contributed by atoms with Crippen LogP contribution in [-0.2, 0) is 4.79 Å². The van der Waals surface area contributed by atoms with E-state index >= 15 is 0 Å². The molecule has 2 aromatic carbocycles. The molecule has 2 aromatic rings. The molecule has 0 heterocycles. The first-order chi connectivity index (χ1) is 11.9. The Morgan fingerprint density at radius 2 is 1.81 bits per heavy atom. The summed E-state index contributed by atoms with van der Waals surface area (Å²) in [6.07, 6.45) is 0. The third-order valence-corrected chi connectivity index (χ3v) is 4.41. The minimum atomic E-state index is -0.519. The third kappa shape index (κ3) is 5.33. The standard InChI is InChI=1S/C20H28N4O.HI/c1-14(16-12-8-10-15-9-6-7-11-17(15)16)24-19(22-5)23-13-20(2,3)18(25)21-4;/h6-12,14H,13H2,1-5H3,(H,21,25)(H2,22,23,24);1H. The molecule has 0 aromatic heterocycles. The molecule has 0 radical (unpaired) electrons. The van der Waals surface area contributed by atoms with E-state index in [9.17, 15) is 4.79 Å². The summed E-state index contributed by atoms with van der Waals surface area (Å²) >= 11 is 0. The van der Waals surface area contributed by atoms with Gasteiger partial charge in [0.25, 0.3) is 0 Å². The molecule has 26 heavy (non-hydrogen) atoms. The van der Waals surface area contributed by atoms with Crippen molar-refractivity contribution in [3.8, 4) is 0 Å². The highest BCUT2D eigenvalue weighted by molar-refractivity contribution is 14.0. The first kappa shape index (κ1) is 22.2. The topological polar surface area (TPSA) is 65.5 Å². The summed E-state index contributed by atoms with van der Waals surface area (Å²) < 4.78 is 0. The van der Waals surface area contributed by atoms with E-state index in [4.69, 9.17) is 0 Å². The van der Waals surface area contributed by atoms with Gasteiger partial charge < -0.3 is 16.0 Å². The number of carbonyl (C=O) groups excluding carboxylic acids is 1. The summed E-state index contributed by atoms with van der Waals surface area (Å²) in [5.41, 5.74) is 0.696. The summed E-state index contributed by atoms with van der Waals surface area (Å²) in [7, 11) is 3.39. The highest BCUT2D eigenvalue weighted by Crippen LogP contribution is 2.24. The molecule has 3 N–H and O–H groups in total. The number of amides is 1. The van der Waals surface area contributed by atoms with E-state index in [1.807, 2.05) is 19.9 Å². The van der Waals surface area contributed by atoms with Crippen molar-refractivity contribution in [1.29, 1.82) is 0 Å². The summed E-state index contributed by atoms with van der Waals surface area (Å²) in [6, 6.07) is 14.7. The Labute approximate surface area is 173 Å². The van der Waals surface area contributed by atoms with Crippen LogP contribution in [0.3, 0.4) is 0 Å². The molecule has 1 amide bonds.